The average molecular weight is 530 g/mol. The summed E-state index contributed by atoms with van der Waals surface area (Å²) in [6, 6.07) is 3.84. The molecule has 1 aliphatic heterocycles. The van der Waals surface area contributed by atoms with Crippen LogP contribution in [0, 0.1) is 0 Å². The van der Waals surface area contributed by atoms with Gasteiger partial charge in [-0.3, -0.25) is 4.99 Å². The number of pyridine rings is 1. The van der Waals surface area contributed by atoms with E-state index in [1.54, 1.807) is 20.0 Å². The highest BCUT2D eigenvalue weighted by Crippen LogP contribution is 2.25. The third-order valence-corrected chi connectivity index (χ3v) is 6.97. The summed E-state index contributed by atoms with van der Waals surface area (Å²) in [7, 11) is -3.18. The van der Waals surface area contributed by atoms with Crippen molar-refractivity contribution in [3.8, 4) is 0 Å². The molecule has 0 bridgehead atoms. The Kier molecular flexibility index (Phi) is 9.07. The number of nitrogens with one attached hydrogen (secondary N) is 2. The molecule has 1 aromatic rings. The second kappa shape index (κ2) is 10.1. The Bertz CT molecular complexity index is 757. The minimum absolute atomic E-state index is 0. The minimum atomic E-state index is -3.18. The van der Waals surface area contributed by atoms with Gasteiger partial charge in [0, 0.05) is 38.1 Å². The fraction of sp³-hybridized carbons (Fsp3) is 0.647. The molecule has 1 aliphatic rings. The molecule has 2 rings (SSSR count). The Hall–Kier alpha value is -0.810. The first-order valence-corrected chi connectivity index (χ1v) is 11.0. The summed E-state index contributed by atoms with van der Waals surface area (Å²) in [5.41, 5.74) is 0. The highest BCUT2D eigenvalue weighted by atomic mass is 127. The van der Waals surface area contributed by atoms with Gasteiger partial charge in [0.2, 0.25) is 0 Å². The smallest absolute Gasteiger partial charge is 0.191 e. The predicted octanol–water partition coefficient (Wildman–Crippen LogP) is 2.31. The monoisotopic (exact) mass is 529 g/mol. The Morgan fingerprint density at radius 2 is 2.19 bits per heavy atom. The number of rotatable bonds is 6. The van der Waals surface area contributed by atoms with E-state index in [-0.39, 0.29) is 36.6 Å². The van der Waals surface area contributed by atoms with Gasteiger partial charge in [-0.2, -0.15) is 0 Å². The van der Waals surface area contributed by atoms with E-state index >= 15 is 0 Å². The highest BCUT2D eigenvalue weighted by Gasteiger charge is 2.30. The van der Waals surface area contributed by atoms with Crippen molar-refractivity contribution in [1.82, 2.24) is 15.6 Å². The van der Waals surface area contributed by atoms with E-state index < -0.39 is 14.6 Å². The second-order valence-corrected chi connectivity index (χ2v) is 10.2. The summed E-state index contributed by atoms with van der Waals surface area (Å²) < 4.78 is 22.8. The van der Waals surface area contributed by atoms with Crippen molar-refractivity contribution in [2.75, 3.05) is 37.3 Å². The normalized spacial score (nSPS) is 18.2. The largest absolute Gasteiger partial charge is 0.357 e. The van der Waals surface area contributed by atoms with Crippen molar-refractivity contribution < 1.29 is 8.42 Å². The van der Waals surface area contributed by atoms with E-state index in [4.69, 9.17) is 11.6 Å². The lowest BCUT2D eigenvalue weighted by Gasteiger charge is -2.23. The molecule has 0 radical (unpaired) electrons. The number of sulfone groups is 1. The van der Waals surface area contributed by atoms with Crippen LogP contribution in [0.4, 0.5) is 5.82 Å². The maximum absolute atomic E-state index is 11.9. The van der Waals surface area contributed by atoms with Crippen LogP contribution < -0.4 is 15.5 Å². The van der Waals surface area contributed by atoms with Gasteiger partial charge in [0.15, 0.2) is 15.8 Å². The molecule has 0 aliphatic carbocycles. The fourth-order valence-electron chi connectivity index (χ4n) is 2.58. The van der Waals surface area contributed by atoms with Crippen molar-refractivity contribution in [3.63, 3.8) is 0 Å². The SMILES string of the molecule is CCNC(=NCC(C)(C)S(C)(=O)=O)NC1CCN(c2ncccc2Cl)C1.I. The zero-order chi connectivity index (χ0) is 19.4. The molecule has 2 heterocycles. The van der Waals surface area contributed by atoms with Crippen LogP contribution in [0.2, 0.25) is 5.02 Å². The number of nitrogens with zero attached hydrogens (tertiary/aromatic N) is 3. The van der Waals surface area contributed by atoms with Crippen molar-refractivity contribution >= 4 is 57.2 Å². The molecule has 27 heavy (non-hydrogen) atoms. The summed E-state index contributed by atoms with van der Waals surface area (Å²) in [4.78, 5) is 11.0. The van der Waals surface area contributed by atoms with E-state index in [2.05, 4.69) is 25.5 Å². The van der Waals surface area contributed by atoms with Gasteiger partial charge in [-0.15, -0.1) is 24.0 Å². The first-order valence-electron chi connectivity index (χ1n) is 8.74. The lowest BCUT2D eigenvalue weighted by molar-refractivity contribution is 0.553. The molecule has 10 heteroatoms. The first kappa shape index (κ1) is 24.2. The lowest BCUT2D eigenvalue weighted by atomic mass is 10.2. The van der Waals surface area contributed by atoms with Crippen LogP contribution in [0.5, 0.6) is 0 Å². The third-order valence-electron chi connectivity index (χ3n) is 4.53. The van der Waals surface area contributed by atoms with Crippen LogP contribution in [0.15, 0.2) is 23.3 Å². The summed E-state index contributed by atoms with van der Waals surface area (Å²) in [6.45, 7) is 7.87. The molecule has 1 unspecified atom stereocenters. The number of hydrogen-bond acceptors (Lipinski definition) is 5. The number of aromatic nitrogens is 1. The molecule has 1 aromatic heterocycles. The molecule has 0 amide bonds. The summed E-state index contributed by atoms with van der Waals surface area (Å²) >= 11 is 6.23. The molecule has 0 aromatic carbocycles. The molecular formula is C17H29ClIN5O2S. The van der Waals surface area contributed by atoms with Gasteiger partial charge in [0.1, 0.15) is 5.82 Å². The standard InChI is InChI=1S/C17H28ClN5O2S.HI/c1-5-19-16(21-12-17(2,3)26(4,24)25)22-13-8-10-23(11-13)15-14(18)7-6-9-20-15;/h6-7,9,13H,5,8,10-12H2,1-4H3,(H2,19,21,22);1H. The maximum atomic E-state index is 11.9. The molecular weight excluding hydrogens is 501 g/mol. The maximum Gasteiger partial charge on any atom is 0.191 e. The lowest BCUT2D eigenvalue weighted by Crippen LogP contribution is -2.46. The Balaban J connectivity index is 0.00000364. The number of anilines is 1. The third kappa shape index (κ3) is 6.63. The number of aliphatic imine (C=N–C) groups is 1. The number of guanidine groups is 1. The van der Waals surface area contributed by atoms with Gasteiger partial charge in [-0.1, -0.05) is 11.6 Å². The van der Waals surface area contributed by atoms with Crippen molar-refractivity contribution in [3.05, 3.63) is 23.4 Å². The summed E-state index contributed by atoms with van der Waals surface area (Å²) in [5, 5.41) is 7.22. The van der Waals surface area contributed by atoms with Crippen LogP contribution in [0.25, 0.3) is 0 Å². The number of halogens is 2. The van der Waals surface area contributed by atoms with Gasteiger partial charge < -0.3 is 15.5 Å². The zero-order valence-electron chi connectivity index (χ0n) is 16.2. The fourth-order valence-corrected chi connectivity index (χ4v) is 3.12. The van der Waals surface area contributed by atoms with Crippen LogP contribution >= 0.6 is 35.6 Å². The topological polar surface area (TPSA) is 86.7 Å². The highest BCUT2D eigenvalue weighted by molar-refractivity contribution is 14.0. The molecule has 0 spiro atoms. The molecule has 0 saturated carbocycles. The van der Waals surface area contributed by atoms with Crippen LogP contribution in [-0.2, 0) is 9.84 Å². The van der Waals surface area contributed by atoms with Gasteiger partial charge in [0.25, 0.3) is 0 Å². The quantitative estimate of drug-likeness (QED) is 0.334. The molecule has 1 fully saturated rings. The van der Waals surface area contributed by atoms with E-state index in [1.807, 2.05) is 19.1 Å². The summed E-state index contributed by atoms with van der Waals surface area (Å²) in [5.74, 6) is 1.42. The van der Waals surface area contributed by atoms with E-state index in [9.17, 15) is 8.42 Å². The zero-order valence-corrected chi connectivity index (χ0v) is 20.1. The average Bonchev–Trinajstić information content (AvgIpc) is 3.00. The van der Waals surface area contributed by atoms with E-state index in [0.29, 0.717) is 17.5 Å². The molecule has 7 nitrogen and oxygen atoms in total. The van der Waals surface area contributed by atoms with Crippen LogP contribution in [-0.4, -0.2) is 62.6 Å². The Morgan fingerprint density at radius 1 is 1.48 bits per heavy atom. The summed E-state index contributed by atoms with van der Waals surface area (Å²) in [6.07, 6.45) is 3.90. The Morgan fingerprint density at radius 3 is 2.78 bits per heavy atom. The van der Waals surface area contributed by atoms with Gasteiger partial charge in [-0.25, -0.2) is 13.4 Å². The van der Waals surface area contributed by atoms with Crippen LogP contribution in [0.3, 0.4) is 0 Å². The predicted molar refractivity (Wildman–Crippen MR) is 123 cm³/mol. The van der Waals surface area contributed by atoms with Gasteiger partial charge in [-0.05, 0) is 39.3 Å². The van der Waals surface area contributed by atoms with Crippen LogP contribution in [0.1, 0.15) is 27.2 Å². The van der Waals surface area contributed by atoms with Gasteiger partial charge in [0.05, 0.1) is 16.3 Å². The molecule has 1 saturated heterocycles. The van der Waals surface area contributed by atoms with Crippen molar-refractivity contribution in [1.29, 1.82) is 0 Å². The van der Waals surface area contributed by atoms with Gasteiger partial charge >= 0.3 is 0 Å². The number of hydrogen-bond donors (Lipinski definition) is 2. The van der Waals surface area contributed by atoms with Crippen molar-refractivity contribution in [2.24, 2.45) is 4.99 Å². The Labute approximate surface area is 184 Å². The van der Waals surface area contributed by atoms with E-state index in [0.717, 1.165) is 25.3 Å². The second-order valence-electron chi connectivity index (χ2n) is 7.11. The minimum Gasteiger partial charge on any atom is -0.357 e. The van der Waals surface area contributed by atoms with E-state index in [1.165, 1.54) is 6.26 Å². The molecule has 2 N–H and O–H groups in total. The molecule has 1 atom stereocenters. The van der Waals surface area contributed by atoms with Crippen molar-refractivity contribution in [2.45, 2.75) is 38.0 Å². The molecule has 154 valence electrons. The first-order chi connectivity index (χ1) is 12.1.